The smallest absolute Gasteiger partial charge is 0.0242 e. The summed E-state index contributed by atoms with van der Waals surface area (Å²) in [5, 5.41) is 3.97. The highest BCUT2D eigenvalue weighted by Crippen LogP contribution is 2.38. The van der Waals surface area contributed by atoms with Gasteiger partial charge in [-0.3, -0.25) is 0 Å². The Bertz CT molecular complexity index is 276. The lowest BCUT2D eigenvalue weighted by Gasteiger charge is -2.42. The molecular formula is C19H40N2. The molecule has 0 aromatic rings. The van der Waals surface area contributed by atoms with Gasteiger partial charge >= 0.3 is 0 Å². The molecule has 0 spiro atoms. The first-order valence-electron chi connectivity index (χ1n) is 9.21. The Labute approximate surface area is 134 Å². The maximum absolute atomic E-state index is 3.97. The van der Waals surface area contributed by atoms with E-state index in [2.05, 4.69) is 58.9 Å². The highest BCUT2D eigenvalue weighted by Gasteiger charge is 2.34. The third kappa shape index (κ3) is 5.56. The molecule has 126 valence electrons. The first kappa shape index (κ1) is 19.0. The molecule has 2 nitrogen and oxygen atoms in total. The van der Waals surface area contributed by atoms with Gasteiger partial charge < -0.3 is 10.2 Å². The van der Waals surface area contributed by atoms with Crippen LogP contribution in [-0.4, -0.2) is 37.6 Å². The fourth-order valence-corrected chi connectivity index (χ4v) is 4.29. The lowest BCUT2D eigenvalue weighted by Crippen LogP contribution is -2.50. The summed E-state index contributed by atoms with van der Waals surface area (Å²) < 4.78 is 0. The van der Waals surface area contributed by atoms with Crippen molar-refractivity contribution < 1.29 is 0 Å². The Morgan fingerprint density at radius 1 is 1.05 bits per heavy atom. The van der Waals surface area contributed by atoms with Gasteiger partial charge in [-0.15, -0.1) is 0 Å². The normalized spacial score (nSPS) is 25.6. The molecule has 1 N–H and O–H groups in total. The van der Waals surface area contributed by atoms with E-state index < -0.39 is 0 Å². The second-order valence-electron chi connectivity index (χ2n) is 8.38. The molecule has 3 unspecified atom stereocenters. The minimum atomic E-state index is 0.431. The van der Waals surface area contributed by atoms with E-state index in [1.807, 2.05) is 0 Å². The van der Waals surface area contributed by atoms with Gasteiger partial charge in [-0.25, -0.2) is 0 Å². The average molecular weight is 297 g/mol. The van der Waals surface area contributed by atoms with Gasteiger partial charge in [0.25, 0.3) is 0 Å². The van der Waals surface area contributed by atoms with Crippen LogP contribution in [0.5, 0.6) is 0 Å². The third-order valence-electron chi connectivity index (χ3n) is 5.72. The summed E-state index contributed by atoms with van der Waals surface area (Å²) in [5.74, 6) is 1.64. The van der Waals surface area contributed by atoms with Crippen molar-refractivity contribution >= 4 is 0 Å². The molecule has 0 aromatic carbocycles. The van der Waals surface area contributed by atoms with Gasteiger partial charge in [-0.05, 0) is 44.2 Å². The maximum Gasteiger partial charge on any atom is 0.0242 e. The van der Waals surface area contributed by atoms with E-state index >= 15 is 0 Å². The molecule has 21 heavy (non-hydrogen) atoms. The average Bonchev–Trinajstić information content (AvgIpc) is 2.42. The van der Waals surface area contributed by atoms with Gasteiger partial charge in [-0.1, -0.05) is 60.3 Å². The Kier molecular flexibility index (Phi) is 7.70. The first-order chi connectivity index (χ1) is 9.81. The monoisotopic (exact) mass is 296 g/mol. The van der Waals surface area contributed by atoms with Crippen LogP contribution in [0.25, 0.3) is 0 Å². The summed E-state index contributed by atoms with van der Waals surface area (Å²) in [5.41, 5.74) is 0.431. The summed E-state index contributed by atoms with van der Waals surface area (Å²) >= 11 is 0. The van der Waals surface area contributed by atoms with Crippen LogP contribution >= 0.6 is 0 Å². The van der Waals surface area contributed by atoms with Crippen molar-refractivity contribution in [1.82, 2.24) is 10.2 Å². The molecule has 1 aliphatic carbocycles. The lowest BCUT2D eigenvalue weighted by atomic mass is 9.69. The van der Waals surface area contributed by atoms with Gasteiger partial charge in [0, 0.05) is 18.6 Å². The lowest BCUT2D eigenvalue weighted by molar-refractivity contribution is 0.115. The summed E-state index contributed by atoms with van der Waals surface area (Å²) in [4.78, 5) is 2.43. The van der Waals surface area contributed by atoms with Crippen molar-refractivity contribution in [2.75, 3.05) is 20.6 Å². The predicted octanol–water partition coefficient (Wildman–Crippen LogP) is 4.55. The topological polar surface area (TPSA) is 15.3 Å². The van der Waals surface area contributed by atoms with Gasteiger partial charge in [0.1, 0.15) is 0 Å². The van der Waals surface area contributed by atoms with Crippen LogP contribution in [0.15, 0.2) is 0 Å². The molecule has 0 radical (unpaired) electrons. The van der Waals surface area contributed by atoms with E-state index in [1.165, 1.54) is 38.5 Å². The molecule has 0 amide bonds. The summed E-state index contributed by atoms with van der Waals surface area (Å²) in [7, 11) is 4.49. The van der Waals surface area contributed by atoms with Crippen LogP contribution in [0.4, 0.5) is 0 Å². The summed E-state index contributed by atoms with van der Waals surface area (Å²) in [6.45, 7) is 13.1. The summed E-state index contributed by atoms with van der Waals surface area (Å²) in [6.07, 6.45) is 8.16. The molecule has 1 fully saturated rings. The van der Waals surface area contributed by atoms with Crippen molar-refractivity contribution in [2.24, 2.45) is 17.3 Å². The van der Waals surface area contributed by atoms with Crippen LogP contribution < -0.4 is 5.32 Å². The maximum atomic E-state index is 3.97. The second-order valence-corrected chi connectivity index (χ2v) is 8.38. The molecular weight excluding hydrogens is 256 g/mol. The minimum absolute atomic E-state index is 0.431. The van der Waals surface area contributed by atoms with Crippen molar-refractivity contribution in [2.45, 2.75) is 85.2 Å². The van der Waals surface area contributed by atoms with E-state index in [1.54, 1.807) is 0 Å². The Morgan fingerprint density at radius 3 is 2.10 bits per heavy atom. The summed E-state index contributed by atoms with van der Waals surface area (Å²) in [6, 6.07) is 1.39. The number of nitrogens with one attached hydrogen (secondary N) is 1. The van der Waals surface area contributed by atoms with Gasteiger partial charge in [0.05, 0.1) is 0 Å². The SMILES string of the molecule is CCC(CC)C(CNC1CCCCC1C(C)(C)C)N(C)C. The van der Waals surface area contributed by atoms with Crippen molar-refractivity contribution in [3.05, 3.63) is 0 Å². The fraction of sp³-hybridized carbons (Fsp3) is 1.00. The predicted molar refractivity (Wildman–Crippen MR) is 94.8 cm³/mol. The molecule has 0 aromatic heterocycles. The van der Waals surface area contributed by atoms with E-state index in [4.69, 9.17) is 0 Å². The zero-order valence-electron chi connectivity index (χ0n) is 15.7. The van der Waals surface area contributed by atoms with E-state index in [9.17, 15) is 0 Å². The molecule has 0 saturated heterocycles. The van der Waals surface area contributed by atoms with Crippen LogP contribution in [-0.2, 0) is 0 Å². The number of hydrogen-bond donors (Lipinski definition) is 1. The molecule has 0 heterocycles. The van der Waals surface area contributed by atoms with Crippen LogP contribution in [0.3, 0.4) is 0 Å². The zero-order chi connectivity index (χ0) is 16.0. The van der Waals surface area contributed by atoms with E-state index in [0.717, 1.165) is 24.4 Å². The molecule has 2 heteroatoms. The van der Waals surface area contributed by atoms with Crippen LogP contribution in [0.2, 0.25) is 0 Å². The highest BCUT2D eigenvalue weighted by atomic mass is 15.1. The first-order valence-corrected chi connectivity index (χ1v) is 9.21. The molecule has 1 aliphatic rings. The van der Waals surface area contributed by atoms with Crippen LogP contribution in [0.1, 0.15) is 73.1 Å². The quantitative estimate of drug-likeness (QED) is 0.741. The van der Waals surface area contributed by atoms with Crippen molar-refractivity contribution in [3.63, 3.8) is 0 Å². The van der Waals surface area contributed by atoms with E-state index in [-0.39, 0.29) is 0 Å². The second kappa shape index (κ2) is 8.53. The van der Waals surface area contributed by atoms with E-state index in [0.29, 0.717) is 11.5 Å². The molecule has 0 bridgehead atoms. The molecule has 1 rings (SSSR count). The molecule has 3 atom stereocenters. The van der Waals surface area contributed by atoms with Gasteiger partial charge in [-0.2, -0.15) is 0 Å². The number of hydrogen-bond acceptors (Lipinski definition) is 2. The number of rotatable bonds is 7. The fourth-order valence-electron chi connectivity index (χ4n) is 4.29. The highest BCUT2D eigenvalue weighted by molar-refractivity contribution is 4.89. The number of nitrogens with zero attached hydrogens (tertiary/aromatic N) is 1. The van der Waals surface area contributed by atoms with Crippen molar-refractivity contribution in [3.8, 4) is 0 Å². The molecule has 0 aliphatic heterocycles. The van der Waals surface area contributed by atoms with Crippen LogP contribution in [0, 0.1) is 17.3 Å². The Morgan fingerprint density at radius 2 is 1.62 bits per heavy atom. The standard InChI is InChI=1S/C19H40N2/c1-8-15(9-2)18(21(6)7)14-20-17-13-11-10-12-16(17)19(3,4)5/h15-18,20H,8-14H2,1-7H3. The van der Waals surface area contributed by atoms with Gasteiger partial charge in [0.15, 0.2) is 0 Å². The Balaban J connectivity index is 2.64. The molecule has 1 saturated carbocycles. The third-order valence-corrected chi connectivity index (χ3v) is 5.72. The number of likely N-dealkylation sites (N-methyl/N-ethyl adjacent to an activating group) is 1. The van der Waals surface area contributed by atoms with Crippen molar-refractivity contribution in [1.29, 1.82) is 0 Å². The Hall–Kier alpha value is -0.0800. The van der Waals surface area contributed by atoms with Gasteiger partial charge in [0.2, 0.25) is 0 Å². The largest absolute Gasteiger partial charge is 0.312 e. The zero-order valence-corrected chi connectivity index (χ0v) is 15.7. The minimum Gasteiger partial charge on any atom is -0.312 e.